The van der Waals surface area contributed by atoms with E-state index in [0.29, 0.717) is 0 Å². The van der Waals surface area contributed by atoms with E-state index in [-0.39, 0.29) is 25.7 Å². The molecule has 0 heterocycles. The van der Waals surface area contributed by atoms with Crippen molar-refractivity contribution in [1.82, 2.24) is 5.32 Å². The highest BCUT2D eigenvalue weighted by molar-refractivity contribution is 5.73. The van der Waals surface area contributed by atoms with Gasteiger partial charge in [0.25, 0.3) is 0 Å². The summed E-state index contributed by atoms with van der Waals surface area (Å²) in [4.78, 5) is 10.7. The predicted molar refractivity (Wildman–Crippen MR) is 55.8 cm³/mol. The highest BCUT2D eigenvalue weighted by Gasteiger charge is 2.26. The minimum absolute atomic E-state index is 0.0325. The van der Waals surface area contributed by atoms with Crippen LogP contribution < -0.4 is 5.32 Å². The molecule has 0 fully saturated rings. The first-order valence-electron chi connectivity index (χ1n) is 5.35. The van der Waals surface area contributed by atoms with Gasteiger partial charge in [0, 0.05) is 19.1 Å². The van der Waals surface area contributed by atoms with Gasteiger partial charge in [0.2, 0.25) is 0 Å². The van der Waals surface area contributed by atoms with Crippen LogP contribution in [0.3, 0.4) is 0 Å². The molecule has 4 nitrogen and oxygen atoms in total. The first-order valence-corrected chi connectivity index (χ1v) is 5.35. The highest BCUT2D eigenvalue weighted by atomic mass is 19.4. The van der Waals surface area contributed by atoms with Gasteiger partial charge in [0.15, 0.2) is 0 Å². The molecule has 0 radical (unpaired) electrons. The lowest BCUT2D eigenvalue weighted by Gasteiger charge is -2.17. The Kier molecular flexibility index (Phi) is 7.13. The monoisotopic (exact) mass is 257 g/mol. The second-order valence-corrected chi connectivity index (χ2v) is 4.01. The number of carboxylic acid groups (broad SMARTS) is 1. The Labute approximate surface area is 98.1 Å². The fourth-order valence-electron chi connectivity index (χ4n) is 1.17. The lowest BCUT2D eigenvalue weighted by atomic mass is 10.2. The zero-order chi connectivity index (χ0) is 13.5. The summed E-state index contributed by atoms with van der Waals surface area (Å²) in [5.74, 6) is -1.07. The number of hydrogen-bond donors (Lipinski definition) is 2. The standard InChI is InChI=1S/C10H18F3NO3/c1-7(2)14-8(9(15)16)6-17-5-3-4-10(11,12)13/h7-8,14H,3-6H2,1-2H3,(H,15,16). The Hall–Kier alpha value is -0.820. The number of halogens is 3. The molecule has 2 N–H and O–H groups in total. The summed E-state index contributed by atoms with van der Waals surface area (Å²) in [5, 5.41) is 11.5. The average molecular weight is 257 g/mol. The second kappa shape index (κ2) is 7.50. The van der Waals surface area contributed by atoms with Crippen molar-refractivity contribution in [2.24, 2.45) is 0 Å². The summed E-state index contributed by atoms with van der Waals surface area (Å²) < 4.78 is 40.2. The Morgan fingerprint density at radius 3 is 2.41 bits per heavy atom. The molecule has 0 aromatic carbocycles. The summed E-state index contributed by atoms with van der Waals surface area (Å²) >= 11 is 0. The highest BCUT2D eigenvalue weighted by Crippen LogP contribution is 2.20. The number of rotatable bonds is 8. The average Bonchev–Trinajstić information content (AvgIpc) is 2.12. The normalized spacial score (nSPS) is 14.0. The molecule has 0 aromatic rings. The van der Waals surface area contributed by atoms with Crippen LogP contribution in [-0.2, 0) is 9.53 Å². The van der Waals surface area contributed by atoms with E-state index in [1.807, 2.05) is 0 Å². The topological polar surface area (TPSA) is 58.6 Å². The number of nitrogens with one attached hydrogen (secondary N) is 1. The van der Waals surface area contributed by atoms with Crippen LogP contribution in [0.15, 0.2) is 0 Å². The van der Waals surface area contributed by atoms with Crippen LogP contribution in [0.2, 0.25) is 0 Å². The van der Waals surface area contributed by atoms with Crippen LogP contribution in [0.4, 0.5) is 13.2 Å². The molecule has 1 atom stereocenters. The molecule has 0 aliphatic carbocycles. The first-order chi connectivity index (χ1) is 7.72. The molecule has 0 bridgehead atoms. The van der Waals surface area contributed by atoms with Crippen LogP contribution in [-0.4, -0.2) is 42.5 Å². The van der Waals surface area contributed by atoms with Crippen molar-refractivity contribution in [3.8, 4) is 0 Å². The van der Waals surface area contributed by atoms with Gasteiger partial charge in [-0.25, -0.2) is 0 Å². The van der Waals surface area contributed by atoms with Gasteiger partial charge < -0.3 is 15.2 Å². The lowest BCUT2D eigenvalue weighted by Crippen LogP contribution is -2.44. The van der Waals surface area contributed by atoms with Crippen LogP contribution in [0, 0.1) is 0 Å². The van der Waals surface area contributed by atoms with Crippen molar-refractivity contribution in [3.63, 3.8) is 0 Å². The predicted octanol–water partition coefficient (Wildman–Crippen LogP) is 1.80. The van der Waals surface area contributed by atoms with Crippen molar-refractivity contribution >= 4 is 5.97 Å². The third-order valence-electron chi connectivity index (χ3n) is 1.87. The van der Waals surface area contributed by atoms with Crippen LogP contribution in [0.25, 0.3) is 0 Å². The van der Waals surface area contributed by atoms with Crippen LogP contribution >= 0.6 is 0 Å². The van der Waals surface area contributed by atoms with E-state index in [1.165, 1.54) is 0 Å². The number of ether oxygens (including phenoxy) is 1. The summed E-state index contributed by atoms with van der Waals surface area (Å²) in [5.41, 5.74) is 0. The van der Waals surface area contributed by atoms with Crippen molar-refractivity contribution in [2.45, 2.75) is 44.9 Å². The van der Waals surface area contributed by atoms with Crippen molar-refractivity contribution in [2.75, 3.05) is 13.2 Å². The van der Waals surface area contributed by atoms with Gasteiger partial charge in [-0.2, -0.15) is 13.2 Å². The summed E-state index contributed by atoms with van der Waals surface area (Å²) in [7, 11) is 0. The molecule has 17 heavy (non-hydrogen) atoms. The molecule has 0 aliphatic rings. The SMILES string of the molecule is CC(C)NC(COCCCC(F)(F)F)C(=O)O. The quantitative estimate of drug-likeness (QED) is 0.651. The second-order valence-electron chi connectivity index (χ2n) is 4.01. The molecule has 0 aliphatic heterocycles. The third-order valence-corrected chi connectivity index (χ3v) is 1.87. The summed E-state index contributed by atoms with van der Waals surface area (Å²) in [6.07, 6.45) is -5.26. The Morgan fingerprint density at radius 1 is 1.41 bits per heavy atom. The van der Waals surface area contributed by atoms with E-state index in [1.54, 1.807) is 13.8 Å². The molecule has 1 unspecified atom stereocenters. The van der Waals surface area contributed by atoms with E-state index >= 15 is 0 Å². The van der Waals surface area contributed by atoms with Gasteiger partial charge in [-0.05, 0) is 6.42 Å². The third kappa shape index (κ3) is 10.1. The Balaban J connectivity index is 3.72. The maximum absolute atomic E-state index is 11.8. The van der Waals surface area contributed by atoms with E-state index < -0.39 is 24.6 Å². The molecule has 7 heteroatoms. The summed E-state index contributed by atoms with van der Waals surface area (Å²) in [6.45, 7) is 3.33. The van der Waals surface area contributed by atoms with Gasteiger partial charge in [0.05, 0.1) is 6.61 Å². The van der Waals surface area contributed by atoms with E-state index in [2.05, 4.69) is 5.32 Å². The molecule has 0 spiro atoms. The maximum atomic E-state index is 11.8. The van der Waals surface area contributed by atoms with Gasteiger partial charge in [-0.3, -0.25) is 4.79 Å². The molecule has 0 saturated carbocycles. The van der Waals surface area contributed by atoms with Crippen molar-refractivity contribution in [1.29, 1.82) is 0 Å². The van der Waals surface area contributed by atoms with Gasteiger partial charge in [0.1, 0.15) is 6.04 Å². The lowest BCUT2D eigenvalue weighted by molar-refractivity contribution is -0.143. The minimum Gasteiger partial charge on any atom is -0.480 e. The fraction of sp³-hybridized carbons (Fsp3) is 0.900. The number of alkyl halides is 3. The molecule has 0 saturated heterocycles. The molecule has 0 amide bonds. The Morgan fingerprint density at radius 2 is 2.00 bits per heavy atom. The molecular weight excluding hydrogens is 239 g/mol. The van der Waals surface area contributed by atoms with E-state index in [0.717, 1.165) is 0 Å². The van der Waals surface area contributed by atoms with Crippen molar-refractivity contribution in [3.05, 3.63) is 0 Å². The maximum Gasteiger partial charge on any atom is 0.389 e. The molecule has 0 rings (SSSR count). The zero-order valence-corrected chi connectivity index (χ0v) is 9.88. The van der Waals surface area contributed by atoms with Gasteiger partial charge in [-0.15, -0.1) is 0 Å². The smallest absolute Gasteiger partial charge is 0.389 e. The minimum atomic E-state index is -4.19. The van der Waals surface area contributed by atoms with Gasteiger partial charge in [-0.1, -0.05) is 13.8 Å². The number of carboxylic acids is 1. The number of aliphatic carboxylic acids is 1. The largest absolute Gasteiger partial charge is 0.480 e. The van der Waals surface area contributed by atoms with E-state index in [4.69, 9.17) is 9.84 Å². The molecule has 102 valence electrons. The molecular formula is C10H18F3NO3. The van der Waals surface area contributed by atoms with Crippen LogP contribution in [0.1, 0.15) is 26.7 Å². The zero-order valence-electron chi connectivity index (χ0n) is 9.88. The Bertz CT molecular complexity index is 231. The van der Waals surface area contributed by atoms with Crippen molar-refractivity contribution < 1.29 is 27.8 Å². The van der Waals surface area contributed by atoms with Gasteiger partial charge >= 0.3 is 12.1 Å². The molecule has 0 aromatic heterocycles. The van der Waals surface area contributed by atoms with E-state index in [9.17, 15) is 18.0 Å². The first kappa shape index (κ1) is 16.2. The number of hydrogen-bond acceptors (Lipinski definition) is 3. The summed E-state index contributed by atoms with van der Waals surface area (Å²) in [6, 6.07) is -0.921. The fourth-order valence-corrected chi connectivity index (χ4v) is 1.17. The number of carbonyl (C=O) groups is 1. The van der Waals surface area contributed by atoms with Crippen LogP contribution in [0.5, 0.6) is 0 Å².